The van der Waals surface area contributed by atoms with Gasteiger partial charge in [-0.3, -0.25) is 4.79 Å². The highest BCUT2D eigenvalue weighted by Crippen LogP contribution is 2.34. The Hall–Kier alpha value is -2.15. The third-order valence-electron chi connectivity index (χ3n) is 4.26. The van der Waals surface area contributed by atoms with Gasteiger partial charge in [-0.15, -0.1) is 0 Å². The van der Waals surface area contributed by atoms with Crippen molar-refractivity contribution in [3.63, 3.8) is 0 Å². The number of benzene rings is 1. The van der Waals surface area contributed by atoms with Crippen LogP contribution in [-0.4, -0.2) is 43.2 Å². The maximum Gasteiger partial charge on any atom is 0.246 e. The van der Waals surface area contributed by atoms with Gasteiger partial charge in [0.25, 0.3) is 0 Å². The molecule has 1 amide bonds. The Labute approximate surface area is 140 Å². The normalized spacial score (nSPS) is 25.6. The fraction of sp³-hybridized carbons (Fsp3) is 0.529. The Balaban J connectivity index is 1.54. The minimum atomic E-state index is -0.386. The SMILES string of the molecule is CCNC(=NCC(=O)Nc1cccc(F)c1)NC1CC2CCC1O2. The lowest BCUT2D eigenvalue weighted by molar-refractivity contribution is -0.114. The van der Waals surface area contributed by atoms with E-state index in [4.69, 9.17) is 4.74 Å². The summed E-state index contributed by atoms with van der Waals surface area (Å²) in [7, 11) is 0. The number of carbonyl (C=O) groups excluding carboxylic acids is 1. The van der Waals surface area contributed by atoms with Crippen LogP contribution >= 0.6 is 0 Å². The Morgan fingerprint density at radius 1 is 1.42 bits per heavy atom. The number of hydrogen-bond acceptors (Lipinski definition) is 3. The minimum absolute atomic E-state index is 0.0342. The number of nitrogens with one attached hydrogen (secondary N) is 3. The molecule has 2 bridgehead atoms. The zero-order valence-electron chi connectivity index (χ0n) is 13.7. The molecule has 2 fully saturated rings. The quantitative estimate of drug-likeness (QED) is 0.565. The molecular weight excluding hydrogens is 311 g/mol. The topological polar surface area (TPSA) is 74.8 Å². The van der Waals surface area contributed by atoms with E-state index in [1.165, 1.54) is 12.1 Å². The van der Waals surface area contributed by atoms with Crippen molar-refractivity contribution in [3.8, 4) is 0 Å². The number of carbonyl (C=O) groups is 1. The van der Waals surface area contributed by atoms with Gasteiger partial charge >= 0.3 is 0 Å². The lowest BCUT2D eigenvalue weighted by Gasteiger charge is -2.22. The first-order valence-electron chi connectivity index (χ1n) is 8.39. The highest BCUT2D eigenvalue weighted by atomic mass is 19.1. The van der Waals surface area contributed by atoms with Crippen LogP contribution < -0.4 is 16.0 Å². The Morgan fingerprint density at radius 2 is 2.29 bits per heavy atom. The van der Waals surface area contributed by atoms with Crippen LogP contribution in [0.2, 0.25) is 0 Å². The van der Waals surface area contributed by atoms with E-state index in [0.717, 1.165) is 19.3 Å². The van der Waals surface area contributed by atoms with E-state index in [0.29, 0.717) is 24.3 Å². The van der Waals surface area contributed by atoms with Crippen molar-refractivity contribution in [3.05, 3.63) is 30.1 Å². The van der Waals surface area contributed by atoms with E-state index < -0.39 is 0 Å². The summed E-state index contributed by atoms with van der Waals surface area (Å²) in [6.07, 6.45) is 3.77. The molecule has 6 nitrogen and oxygen atoms in total. The second kappa shape index (κ2) is 7.61. The molecule has 3 N–H and O–H groups in total. The molecular formula is C17H23FN4O2. The molecule has 1 aromatic carbocycles. The van der Waals surface area contributed by atoms with E-state index >= 15 is 0 Å². The molecule has 7 heteroatoms. The Morgan fingerprint density at radius 3 is 2.96 bits per heavy atom. The number of aliphatic imine (C=N–C) groups is 1. The first-order chi connectivity index (χ1) is 11.6. The van der Waals surface area contributed by atoms with Gasteiger partial charge < -0.3 is 20.7 Å². The Kier molecular flexibility index (Phi) is 5.30. The number of nitrogens with zero attached hydrogens (tertiary/aromatic N) is 1. The maximum absolute atomic E-state index is 13.1. The second-order valence-corrected chi connectivity index (χ2v) is 6.11. The Bertz CT molecular complexity index is 622. The standard InChI is InChI=1S/C17H23FN4O2/c1-2-19-17(22-14-9-13-6-7-15(14)24-13)20-10-16(23)21-12-5-3-4-11(18)8-12/h3-5,8,13-15H,2,6-7,9-10H2,1H3,(H,21,23)(H2,19,20,22). The van der Waals surface area contributed by atoms with Gasteiger partial charge in [0.2, 0.25) is 5.91 Å². The van der Waals surface area contributed by atoms with Crippen molar-refractivity contribution in [2.45, 2.75) is 44.4 Å². The van der Waals surface area contributed by atoms with Crippen LogP contribution in [0.15, 0.2) is 29.3 Å². The molecule has 0 spiro atoms. The van der Waals surface area contributed by atoms with E-state index in [1.54, 1.807) is 12.1 Å². The van der Waals surface area contributed by atoms with Gasteiger partial charge in [0.15, 0.2) is 5.96 Å². The summed E-state index contributed by atoms with van der Waals surface area (Å²) in [6.45, 7) is 2.65. The predicted octanol–water partition coefficient (Wildman–Crippen LogP) is 1.64. The molecule has 2 saturated heterocycles. The fourth-order valence-corrected chi connectivity index (χ4v) is 3.20. The molecule has 2 heterocycles. The van der Waals surface area contributed by atoms with Gasteiger partial charge in [-0.1, -0.05) is 6.07 Å². The molecule has 1 aromatic rings. The number of hydrogen-bond donors (Lipinski definition) is 3. The van der Waals surface area contributed by atoms with Crippen LogP contribution in [0.5, 0.6) is 0 Å². The van der Waals surface area contributed by atoms with E-state index in [2.05, 4.69) is 20.9 Å². The molecule has 24 heavy (non-hydrogen) atoms. The molecule has 0 radical (unpaired) electrons. The monoisotopic (exact) mass is 334 g/mol. The molecule has 0 saturated carbocycles. The van der Waals surface area contributed by atoms with E-state index in [9.17, 15) is 9.18 Å². The molecule has 0 aliphatic carbocycles. The molecule has 2 aliphatic heterocycles. The summed E-state index contributed by atoms with van der Waals surface area (Å²) in [5, 5.41) is 9.13. The lowest BCUT2D eigenvalue weighted by atomic mass is 9.96. The van der Waals surface area contributed by atoms with Crippen LogP contribution in [0, 0.1) is 5.82 Å². The van der Waals surface area contributed by atoms with E-state index in [-0.39, 0.29) is 30.4 Å². The van der Waals surface area contributed by atoms with Gasteiger partial charge in [0.1, 0.15) is 12.4 Å². The van der Waals surface area contributed by atoms with Gasteiger partial charge in [0, 0.05) is 12.2 Å². The van der Waals surface area contributed by atoms with Gasteiger partial charge in [0.05, 0.1) is 18.2 Å². The zero-order valence-corrected chi connectivity index (χ0v) is 13.7. The molecule has 130 valence electrons. The van der Waals surface area contributed by atoms with E-state index in [1.807, 2.05) is 6.92 Å². The highest BCUT2D eigenvalue weighted by Gasteiger charge is 2.41. The summed E-state index contributed by atoms with van der Waals surface area (Å²) in [5.41, 5.74) is 0.426. The van der Waals surface area contributed by atoms with Gasteiger partial charge in [-0.05, 0) is 44.4 Å². The zero-order chi connectivity index (χ0) is 16.9. The number of ether oxygens (including phenoxy) is 1. The number of fused-ring (bicyclic) bond motifs is 2. The number of anilines is 1. The minimum Gasteiger partial charge on any atom is -0.373 e. The van der Waals surface area contributed by atoms with Crippen molar-refractivity contribution in [1.29, 1.82) is 0 Å². The average molecular weight is 334 g/mol. The third kappa shape index (κ3) is 4.23. The van der Waals surface area contributed by atoms with Crippen LogP contribution in [0.3, 0.4) is 0 Å². The number of halogens is 1. The third-order valence-corrected chi connectivity index (χ3v) is 4.26. The highest BCUT2D eigenvalue weighted by molar-refractivity contribution is 5.94. The number of rotatable bonds is 5. The van der Waals surface area contributed by atoms with Crippen molar-refractivity contribution < 1.29 is 13.9 Å². The van der Waals surface area contributed by atoms with Crippen molar-refractivity contribution in [1.82, 2.24) is 10.6 Å². The van der Waals surface area contributed by atoms with Crippen LogP contribution in [0.1, 0.15) is 26.2 Å². The smallest absolute Gasteiger partial charge is 0.246 e. The fourth-order valence-electron chi connectivity index (χ4n) is 3.20. The molecule has 2 aliphatic rings. The van der Waals surface area contributed by atoms with Gasteiger partial charge in [-0.2, -0.15) is 0 Å². The average Bonchev–Trinajstić information content (AvgIpc) is 3.15. The summed E-state index contributed by atoms with van der Waals surface area (Å²) < 4.78 is 18.9. The van der Waals surface area contributed by atoms with Crippen LogP contribution in [0.25, 0.3) is 0 Å². The molecule has 0 aromatic heterocycles. The predicted molar refractivity (Wildman–Crippen MR) is 90.4 cm³/mol. The molecule has 3 rings (SSSR count). The molecule has 3 atom stereocenters. The number of amides is 1. The maximum atomic E-state index is 13.1. The van der Waals surface area contributed by atoms with Crippen LogP contribution in [0.4, 0.5) is 10.1 Å². The van der Waals surface area contributed by atoms with Gasteiger partial charge in [-0.25, -0.2) is 9.38 Å². The van der Waals surface area contributed by atoms with Crippen molar-refractivity contribution in [2.24, 2.45) is 4.99 Å². The summed E-state index contributed by atoms with van der Waals surface area (Å²) >= 11 is 0. The van der Waals surface area contributed by atoms with Crippen LogP contribution in [-0.2, 0) is 9.53 Å². The number of guanidine groups is 1. The van der Waals surface area contributed by atoms with Crippen molar-refractivity contribution in [2.75, 3.05) is 18.4 Å². The summed E-state index contributed by atoms with van der Waals surface area (Å²) in [6, 6.07) is 6.04. The lowest BCUT2D eigenvalue weighted by Crippen LogP contribution is -2.47. The second-order valence-electron chi connectivity index (χ2n) is 6.11. The van der Waals surface area contributed by atoms with Crippen molar-refractivity contribution >= 4 is 17.6 Å². The molecule has 3 unspecified atom stereocenters. The largest absolute Gasteiger partial charge is 0.373 e. The summed E-state index contributed by atoms with van der Waals surface area (Å²) in [4.78, 5) is 16.3. The summed E-state index contributed by atoms with van der Waals surface area (Å²) in [5.74, 6) is -0.0716. The first kappa shape index (κ1) is 16.7. The first-order valence-corrected chi connectivity index (χ1v) is 8.39.